The molecule has 2 fully saturated rings. The van der Waals surface area contributed by atoms with Crippen LogP contribution in [0.15, 0.2) is 41.5 Å². The average Bonchev–Trinajstić information content (AvgIpc) is 3.21. The van der Waals surface area contributed by atoms with Crippen LogP contribution < -0.4 is 0 Å². The summed E-state index contributed by atoms with van der Waals surface area (Å²) in [6, 6.07) is 8.86. The smallest absolute Gasteiger partial charge is 0.254 e. The molecule has 2 aliphatic carbocycles. The van der Waals surface area contributed by atoms with Crippen molar-refractivity contribution < 1.29 is 9.59 Å². The highest BCUT2D eigenvalue weighted by Gasteiger charge is 2.59. The molecule has 2 amide bonds. The first-order chi connectivity index (χ1) is 10.7. The standard InChI is InChI=1S/C17H13N3O2/c18-8-10-1-3-11(4-2-10)9-19-20-16(21)14-12-5-6-13(7-12)15(14)17(20)22/h1-6,9,12-15H,7H2. The molecule has 5 nitrogen and oxygen atoms in total. The lowest BCUT2D eigenvalue weighted by Crippen LogP contribution is -2.28. The van der Waals surface area contributed by atoms with Gasteiger partial charge >= 0.3 is 0 Å². The Morgan fingerprint density at radius 3 is 2.23 bits per heavy atom. The maximum absolute atomic E-state index is 12.4. The SMILES string of the molecule is N#Cc1ccc(C=NN2C(=O)C3C4C=CC(C4)C3C2=O)cc1. The average molecular weight is 291 g/mol. The van der Waals surface area contributed by atoms with Gasteiger partial charge in [0.2, 0.25) is 0 Å². The fourth-order valence-corrected chi connectivity index (χ4v) is 3.77. The van der Waals surface area contributed by atoms with Crippen molar-refractivity contribution >= 4 is 18.0 Å². The van der Waals surface area contributed by atoms with Crippen LogP contribution in [0.25, 0.3) is 0 Å². The lowest BCUT2D eigenvalue weighted by Gasteiger charge is -2.13. The number of rotatable bonds is 2. The molecule has 5 heteroatoms. The molecule has 0 spiro atoms. The maximum atomic E-state index is 12.4. The van der Waals surface area contributed by atoms with Crippen LogP contribution >= 0.6 is 0 Å². The highest BCUT2D eigenvalue weighted by molar-refractivity contribution is 6.06. The van der Waals surface area contributed by atoms with Crippen molar-refractivity contribution in [1.82, 2.24) is 5.01 Å². The van der Waals surface area contributed by atoms with Crippen LogP contribution in [0.4, 0.5) is 0 Å². The molecule has 0 radical (unpaired) electrons. The zero-order chi connectivity index (χ0) is 15.3. The number of nitriles is 1. The number of benzene rings is 1. The maximum Gasteiger partial charge on any atom is 0.254 e. The van der Waals surface area contributed by atoms with Crippen LogP contribution in [0.1, 0.15) is 17.5 Å². The molecule has 2 bridgehead atoms. The van der Waals surface area contributed by atoms with Crippen molar-refractivity contribution in [2.75, 3.05) is 0 Å². The number of allylic oxidation sites excluding steroid dienone is 2. The summed E-state index contributed by atoms with van der Waals surface area (Å²) in [5.41, 5.74) is 1.31. The van der Waals surface area contributed by atoms with Gasteiger partial charge in [0.1, 0.15) is 0 Å². The number of imide groups is 1. The molecule has 4 unspecified atom stereocenters. The van der Waals surface area contributed by atoms with E-state index in [9.17, 15) is 9.59 Å². The van der Waals surface area contributed by atoms with Crippen molar-refractivity contribution in [3.05, 3.63) is 47.5 Å². The number of hydrazone groups is 1. The first-order valence-electron chi connectivity index (χ1n) is 7.29. The molecule has 1 heterocycles. The van der Waals surface area contributed by atoms with E-state index in [2.05, 4.69) is 17.3 Å². The summed E-state index contributed by atoms with van der Waals surface area (Å²) in [4.78, 5) is 24.8. The van der Waals surface area contributed by atoms with Crippen molar-refractivity contribution in [2.24, 2.45) is 28.8 Å². The van der Waals surface area contributed by atoms with E-state index in [1.165, 1.54) is 6.21 Å². The predicted molar refractivity (Wildman–Crippen MR) is 78.3 cm³/mol. The number of carbonyl (C=O) groups excluding carboxylic acids is 2. The largest absolute Gasteiger partial charge is 0.272 e. The minimum atomic E-state index is -0.222. The second-order valence-corrected chi connectivity index (χ2v) is 5.97. The highest BCUT2D eigenvalue weighted by atomic mass is 16.2. The van der Waals surface area contributed by atoms with Crippen LogP contribution in [-0.4, -0.2) is 23.0 Å². The van der Waals surface area contributed by atoms with E-state index in [0.717, 1.165) is 17.0 Å². The van der Waals surface area contributed by atoms with Gasteiger partial charge in [-0.25, -0.2) is 0 Å². The highest BCUT2D eigenvalue weighted by Crippen LogP contribution is 2.52. The van der Waals surface area contributed by atoms with Crippen molar-refractivity contribution in [3.8, 4) is 6.07 Å². The molecule has 0 aromatic heterocycles. The van der Waals surface area contributed by atoms with Gasteiger partial charge in [-0.3, -0.25) is 9.59 Å². The van der Waals surface area contributed by atoms with Gasteiger partial charge in [0.15, 0.2) is 0 Å². The molecule has 1 aromatic carbocycles. The van der Waals surface area contributed by atoms with E-state index in [-0.39, 0.29) is 35.5 Å². The molecule has 3 aliphatic rings. The van der Waals surface area contributed by atoms with Gasteiger partial charge in [-0.05, 0) is 36.0 Å². The summed E-state index contributed by atoms with van der Waals surface area (Å²) in [5, 5.41) is 13.9. The number of hydrogen-bond acceptors (Lipinski definition) is 4. The van der Waals surface area contributed by atoms with Crippen LogP contribution in [0.2, 0.25) is 0 Å². The summed E-state index contributed by atoms with van der Waals surface area (Å²) >= 11 is 0. The van der Waals surface area contributed by atoms with Crippen LogP contribution in [0.3, 0.4) is 0 Å². The molecular weight excluding hydrogens is 278 g/mol. The second-order valence-electron chi connectivity index (χ2n) is 5.97. The Morgan fingerprint density at radius 1 is 1.09 bits per heavy atom. The monoisotopic (exact) mass is 291 g/mol. The second kappa shape index (κ2) is 4.63. The van der Waals surface area contributed by atoms with Crippen molar-refractivity contribution in [2.45, 2.75) is 6.42 Å². The van der Waals surface area contributed by atoms with E-state index < -0.39 is 0 Å². The van der Waals surface area contributed by atoms with Crippen LogP contribution in [-0.2, 0) is 9.59 Å². The number of amides is 2. The van der Waals surface area contributed by atoms with Gasteiger partial charge in [-0.1, -0.05) is 24.3 Å². The Bertz CT molecular complexity index is 727. The fraction of sp³-hybridized carbons (Fsp3) is 0.294. The van der Waals surface area contributed by atoms with Crippen molar-refractivity contribution in [3.63, 3.8) is 0 Å². The van der Waals surface area contributed by atoms with Gasteiger partial charge in [-0.2, -0.15) is 15.4 Å². The normalized spacial score (nSPS) is 32.0. The van der Waals surface area contributed by atoms with Gasteiger partial charge in [0, 0.05) is 0 Å². The molecular formula is C17H13N3O2. The lowest BCUT2D eigenvalue weighted by molar-refractivity contribution is -0.140. The minimum Gasteiger partial charge on any atom is -0.272 e. The van der Waals surface area contributed by atoms with E-state index in [1.54, 1.807) is 24.3 Å². The fourth-order valence-electron chi connectivity index (χ4n) is 3.77. The number of carbonyl (C=O) groups is 2. The van der Waals surface area contributed by atoms with E-state index in [0.29, 0.717) is 5.56 Å². The molecule has 4 atom stereocenters. The first kappa shape index (κ1) is 13.0. The summed E-state index contributed by atoms with van der Waals surface area (Å²) < 4.78 is 0. The van der Waals surface area contributed by atoms with E-state index in [1.807, 2.05) is 6.07 Å². The molecule has 4 rings (SSSR count). The number of fused-ring (bicyclic) bond motifs is 5. The number of hydrogen-bond donors (Lipinski definition) is 0. The quantitative estimate of drug-likeness (QED) is 0.473. The van der Waals surface area contributed by atoms with Gasteiger partial charge in [0.05, 0.1) is 29.7 Å². The van der Waals surface area contributed by atoms with Crippen LogP contribution in [0, 0.1) is 35.0 Å². The van der Waals surface area contributed by atoms with Crippen LogP contribution in [0.5, 0.6) is 0 Å². The molecule has 0 N–H and O–H groups in total. The number of nitrogens with zero attached hydrogens (tertiary/aromatic N) is 3. The molecule has 22 heavy (non-hydrogen) atoms. The molecule has 1 saturated heterocycles. The van der Waals surface area contributed by atoms with E-state index >= 15 is 0 Å². The summed E-state index contributed by atoms with van der Waals surface area (Å²) in [5.74, 6) is -0.419. The van der Waals surface area contributed by atoms with Gasteiger partial charge in [0.25, 0.3) is 11.8 Å². The third kappa shape index (κ3) is 1.74. The zero-order valence-electron chi connectivity index (χ0n) is 11.7. The molecule has 108 valence electrons. The van der Waals surface area contributed by atoms with Crippen molar-refractivity contribution in [1.29, 1.82) is 5.26 Å². The Balaban J connectivity index is 1.56. The molecule has 1 saturated carbocycles. The summed E-state index contributed by atoms with van der Waals surface area (Å²) in [6.07, 6.45) is 6.53. The third-order valence-corrected chi connectivity index (χ3v) is 4.81. The Kier molecular flexibility index (Phi) is 2.73. The summed E-state index contributed by atoms with van der Waals surface area (Å²) in [7, 11) is 0. The zero-order valence-corrected chi connectivity index (χ0v) is 11.7. The topological polar surface area (TPSA) is 73.5 Å². The third-order valence-electron chi connectivity index (χ3n) is 4.81. The van der Waals surface area contributed by atoms with E-state index in [4.69, 9.17) is 5.26 Å². The first-order valence-corrected chi connectivity index (χ1v) is 7.29. The van der Waals surface area contributed by atoms with Gasteiger partial charge in [-0.15, -0.1) is 0 Å². The Hall–Kier alpha value is -2.74. The predicted octanol–water partition coefficient (Wildman–Crippen LogP) is 1.70. The lowest BCUT2D eigenvalue weighted by atomic mass is 9.85. The Labute approximate surface area is 127 Å². The molecule has 1 aliphatic heterocycles. The Morgan fingerprint density at radius 2 is 1.68 bits per heavy atom. The molecule has 1 aromatic rings. The summed E-state index contributed by atoms with van der Waals surface area (Å²) in [6.45, 7) is 0. The minimum absolute atomic E-state index is 0.184. The van der Waals surface area contributed by atoms with Gasteiger partial charge < -0.3 is 0 Å².